The Morgan fingerprint density at radius 1 is 1.03 bits per heavy atom. The second kappa shape index (κ2) is 9.82. The molecule has 7 nitrogen and oxygen atoms in total. The normalized spacial score (nSPS) is 14.3. The van der Waals surface area contributed by atoms with Crippen LogP contribution in [0.4, 0.5) is 5.69 Å². The van der Waals surface area contributed by atoms with Gasteiger partial charge < -0.3 is 24.8 Å². The highest BCUT2D eigenvalue weighted by Crippen LogP contribution is 2.27. The predicted molar refractivity (Wildman–Crippen MR) is 109 cm³/mol. The first-order chi connectivity index (χ1) is 14.1. The number of benzene rings is 2. The average molecular weight is 398 g/mol. The quantitative estimate of drug-likeness (QED) is 0.700. The fraction of sp³-hybridized carbons (Fsp3) is 0.364. The van der Waals surface area contributed by atoms with Gasteiger partial charge in [0.2, 0.25) is 5.91 Å². The lowest BCUT2D eigenvalue weighted by molar-refractivity contribution is -0.136. The van der Waals surface area contributed by atoms with Gasteiger partial charge in [0.15, 0.2) is 18.1 Å². The molecule has 2 N–H and O–H groups in total. The lowest BCUT2D eigenvalue weighted by Gasteiger charge is -2.31. The fourth-order valence-corrected chi connectivity index (χ4v) is 3.28. The summed E-state index contributed by atoms with van der Waals surface area (Å²) in [6, 6.07) is 13.9. The molecule has 2 aromatic rings. The minimum Gasteiger partial charge on any atom is -0.506 e. The minimum atomic E-state index is -0.196. The summed E-state index contributed by atoms with van der Waals surface area (Å²) >= 11 is 0. The Kier molecular flexibility index (Phi) is 6.94. The van der Waals surface area contributed by atoms with E-state index in [4.69, 9.17) is 9.47 Å². The molecule has 154 valence electrons. The van der Waals surface area contributed by atoms with Crippen molar-refractivity contribution in [2.75, 3.05) is 31.6 Å². The number of rotatable bonds is 7. The number of ether oxygens (including phenoxy) is 2. The van der Waals surface area contributed by atoms with Crippen molar-refractivity contribution in [1.29, 1.82) is 0 Å². The highest BCUT2D eigenvalue weighted by Gasteiger charge is 2.28. The third kappa shape index (κ3) is 5.40. The van der Waals surface area contributed by atoms with Crippen LogP contribution in [0.25, 0.3) is 0 Å². The van der Waals surface area contributed by atoms with Crippen molar-refractivity contribution < 1.29 is 24.2 Å². The highest BCUT2D eigenvalue weighted by molar-refractivity contribution is 5.94. The third-order valence-electron chi connectivity index (χ3n) is 4.88. The molecule has 29 heavy (non-hydrogen) atoms. The number of aromatic hydroxyl groups is 1. The maximum absolute atomic E-state index is 12.5. The summed E-state index contributed by atoms with van der Waals surface area (Å²) in [6.07, 6.45) is 1.14. The van der Waals surface area contributed by atoms with Crippen molar-refractivity contribution in [2.45, 2.75) is 19.8 Å². The SMILES string of the molecule is CCOc1ccccc1OCC(=O)N1CCC(C(=O)Nc2ccccc2O)CC1. The van der Waals surface area contributed by atoms with Crippen molar-refractivity contribution in [3.8, 4) is 17.2 Å². The number of nitrogens with one attached hydrogen (secondary N) is 1. The van der Waals surface area contributed by atoms with Crippen molar-refractivity contribution >= 4 is 17.5 Å². The number of likely N-dealkylation sites (tertiary alicyclic amines) is 1. The number of hydrogen-bond donors (Lipinski definition) is 2. The van der Waals surface area contributed by atoms with Crippen LogP contribution < -0.4 is 14.8 Å². The molecule has 1 aliphatic heterocycles. The van der Waals surface area contributed by atoms with E-state index in [0.29, 0.717) is 49.7 Å². The van der Waals surface area contributed by atoms with E-state index in [1.54, 1.807) is 35.2 Å². The monoisotopic (exact) mass is 398 g/mol. The van der Waals surface area contributed by atoms with E-state index in [2.05, 4.69) is 5.32 Å². The second-order valence-electron chi connectivity index (χ2n) is 6.83. The second-order valence-corrected chi connectivity index (χ2v) is 6.83. The fourth-order valence-electron chi connectivity index (χ4n) is 3.28. The number of carbonyl (C=O) groups excluding carboxylic acids is 2. The van der Waals surface area contributed by atoms with Crippen LogP contribution in [-0.4, -0.2) is 48.1 Å². The van der Waals surface area contributed by atoms with Crippen molar-refractivity contribution in [3.63, 3.8) is 0 Å². The summed E-state index contributed by atoms with van der Waals surface area (Å²) < 4.78 is 11.1. The number of nitrogens with zero attached hydrogens (tertiary/aromatic N) is 1. The molecule has 7 heteroatoms. The number of phenolic OH excluding ortho intramolecular Hbond substituents is 1. The number of amides is 2. The maximum Gasteiger partial charge on any atom is 0.260 e. The van der Waals surface area contributed by atoms with E-state index in [0.717, 1.165) is 0 Å². The van der Waals surface area contributed by atoms with E-state index in [-0.39, 0.29) is 30.1 Å². The van der Waals surface area contributed by atoms with Crippen LogP contribution in [0, 0.1) is 5.92 Å². The molecule has 0 aromatic heterocycles. The van der Waals surface area contributed by atoms with E-state index < -0.39 is 0 Å². The molecule has 0 aliphatic carbocycles. The Balaban J connectivity index is 1.47. The Morgan fingerprint density at radius 2 is 1.66 bits per heavy atom. The first kappa shape index (κ1) is 20.5. The van der Waals surface area contributed by atoms with Gasteiger partial charge in [-0.05, 0) is 44.0 Å². The molecule has 1 fully saturated rings. The molecule has 1 saturated heterocycles. The van der Waals surface area contributed by atoms with Crippen LogP contribution >= 0.6 is 0 Å². The van der Waals surface area contributed by atoms with Gasteiger partial charge in [0.25, 0.3) is 5.91 Å². The van der Waals surface area contributed by atoms with Crippen molar-refractivity contribution in [1.82, 2.24) is 4.90 Å². The van der Waals surface area contributed by atoms with Gasteiger partial charge in [-0.1, -0.05) is 24.3 Å². The molecular formula is C22H26N2O5. The summed E-state index contributed by atoms with van der Waals surface area (Å²) in [4.78, 5) is 26.6. The first-order valence-corrected chi connectivity index (χ1v) is 9.79. The Labute approximate surface area is 170 Å². The number of para-hydroxylation sites is 4. The zero-order valence-corrected chi connectivity index (χ0v) is 16.5. The molecule has 1 aliphatic rings. The minimum absolute atomic E-state index is 0.0398. The standard InChI is InChI=1S/C22H26N2O5/c1-2-28-19-9-5-6-10-20(19)29-15-21(26)24-13-11-16(12-14-24)22(27)23-17-7-3-4-8-18(17)25/h3-10,16,25H,2,11-15H2,1H3,(H,23,27). The van der Waals surface area contributed by atoms with Crippen molar-refractivity contribution in [2.24, 2.45) is 5.92 Å². The van der Waals surface area contributed by atoms with Gasteiger partial charge in [0.05, 0.1) is 12.3 Å². The zero-order valence-electron chi connectivity index (χ0n) is 16.5. The zero-order chi connectivity index (χ0) is 20.6. The molecule has 2 aromatic carbocycles. The molecule has 0 radical (unpaired) electrons. The van der Waals surface area contributed by atoms with Crippen molar-refractivity contribution in [3.05, 3.63) is 48.5 Å². The number of hydrogen-bond acceptors (Lipinski definition) is 5. The summed E-state index contributed by atoms with van der Waals surface area (Å²) in [5.74, 6) is 0.745. The van der Waals surface area contributed by atoms with Gasteiger partial charge in [0, 0.05) is 19.0 Å². The molecular weight excluding hydrogens is 372 g/mol. The molecule has 2 amide bonds. The molecule has 0 saturated carbocycles. The van der Waals surface area contributed by atoms with E-state index in [1.165, 1.54) is 6.07 Å². The third-order valence-corrected chi connectivity index (χ3v) is 4.88. The lowest BCUT2D eigenvalue weighted by Crippen LogP contribution is -2.43. The Morgan fingerprint density at radius 3 is 2.31 bits per heavy atom. The van der Waals surface area contributed by atoms with Crippen LogP contribution in [0.15, 0.2) is 48.5 Å². The molecule has 0 atom stereocenters. The predicted octanol–water partition coefficient (Wildman–Crippen LogP) is 3.05. The number of anilines is 1. The topological polar surface area (TPSA) is 88.1 Å². The van der Waals surface area contributed by atoms with Gasteiger partial charge in [-0.25, -0.2) is 0 Å². The van der Waals surface area contributed by atoms with E-state index in [9.17, 15) is 14.7 Å². The summed E-state index contributed by atoms with van der Waals surface area (Å²) in [7, 11) is 0. The highest BCUT2D eigenvalue weighted by atomic mass is 16.5. The largest absolute Gasteiger partial charge is 0.506 e. The van der Waals surface area contributed by atoms with Gasteiger partial charge in [0.1, 0.15) is 5.75 Å². The van der Waals surface area contributed by atoms with Crippen LogP contribution in [0.1, 0.15) is 19.8 Å². The maximum atomic E-state index is 12.5. The number of carbonyl (C=O) groups is 2. The average Bonchev–Trinajstić information content (AvgIpc) is 2.75. The summed E-state index contributed by atoms with van der Waals surface area (Å²) in [6.45, 7) is 3.33. The first-order valence-electron chi connectivity index (χ1n) is 9.79. The van der Waals surface area contributed by atoms with Crippen LogP contribution in [0.3, 0.4) is 0 Å². The van der Waals surface area contributed by atoms with Gasteiger partial charge >= 0.3 is 0 Å². The van der Waals surface area contributed by atoms with E-state index >= 15 is 0 Å². The number of phenols is 1. The Hall–Kier alpha value is -3.22. The molecule has 3 rings (SSSR count). The van der Waals surface area contributed by atoms with Crippen LogP contribution in [-0.2, 0) is 9.59 Å². The number of piperidine rings is 1. The van der Waals surface area contributed by atoms with E-state index in [1.807, 2.05) is 19.1 Å². The molecule has 0 unspecified atom stereocenters. The van der Waals surface area contributed by atoms with Crippen LogP contribution in [0.5, 0.6) is 17.2 Å². The van der Waals surface area contributed by atoms with Gasteiger partial charge in [-0.3, -0.25) is 9.59 Å². The molecule has 0 spiro atoms. The van der Waals surface area contributed by atoms with Crippen LogP contribution in [0.2, 0.25) is 0 Å². The summed E-state index contributed by atoms with van der Waals surface area (Å²) in [5.41, 5.74) is 0.400. The lowest BCUT2D eigenvalue weighted by atomic mass is 9.95. The van der Waals surface area contributed by atoms with Gasteiger partial charge in [-0.15, -0.1) is 0 Å². The Bertz CT molecular complexity index is 847. The van der Waals surface area contributed by atoms with Gasteiger partial charge in [-0.2, -0.15) is 0 Å². The smallest absolute Gasteiger partial charge is 0.260 e. The summed E-state index contributed by atoms with van der Waals surface area (Å²) in [5, 5.41) is 12.5. The molecule has 1 heterocycles. The molecule has 0 bridgehead atoms.